The van der Waals surface area contributed by atoms with Gasteiger partial charge in [-0.3, -0.25) is 10.1 Å². The summed E-state index contributed by atoms with van der Waals surface area (Å²) in [4.78, 5) is 30.4. The first-order chi connectivity index (χ1) is 8.25. The molecule has 0 unspecified atom stereocenters. The number of benzene rings is 1. The van der Waals surface area contributed by atoms with Crippen LogP contribution < -0.4 is 0 Å². The van der Waals surface area contributed by atoms with E-state index in [2.05, 4.69) is 0 Å². The van der Waals surface area contributed by atoms with Crippen LogP contribution in [0.15, 0.2) is 17.0 Å². The molecule has 1 aromatic carbocycles. The molecule has 0 saturated carbocycles. The predicted octanol–water partition coefficient (Wildman–Crippen LogP) is -0.0385. The molecule has 0 amide bonds. The van der Waals surface area contributed by atoms with Crippen LogP contribution in [0.1, 0.15) is 20.7 Å². The molecule has 96 valence electrons. The Hall–Kier alpha value is -2.49. The van der Waals surface area contributed by atoms with E-state index in [1.54, 1.807) is 0 Å². The number of carboxylic acid groups (broad SMARTS) is 2. The average molecular weight is 275 g/mol. The van der Waals surface area contributed by atoms with Gasteiger partial charge in [0.1, 0.15) is 0 Å². The molecule has 0 atom stereocenters. The second kappa shape index (κ2) is 4.79. The molecule has 0 bridgehead atoms. The minimum absolute atomic E-state index is 0.502. The van der Waals surface area contributed by atoms with Gasteiger partial charge in [0.15, 0.2) is 16.3 Å². The molecule has 10 heteroatoms. The SMILES string of the molecule is O=C(O)c1cc([SH](=O)=O)cc([N+](=O)[O-])c1C(=O)O. The van der Waals surface area contributed by atoms with E-state index in [0.717, 1.165) is 0 Å². The van der Waals surface area contributed by atoms with Gasteiger partial charge in [0.2, 0.25) is 0 Å². The van der Waals surface area contributed by atoms with E-state index in [4.69, 9.17) is 10.2 Å². The highest BCUT2D eigenvalue weighted by molar-refractivity contribution is 7.72. The van der Waals surface area contributed by atoms with Crippen molar-refractivity contribution in [2.75, 3.05) is 0 Å². The Morgan fingerprint density at radius 1 is 1.17 bits per heavy atom. The van der Waals surface area contributed by atoms with Crippen molar-refractivity contribution in [1.82, 2.24) is 0 Å². The lowest BCUT2D eigenvalue weighted by atomic mass is 10.1. The first-order valence-electron chi connectivity index (χ1n) is 4.19. The van der Waals surface area contributed by atoms with Gasteiger partial charge >= 0.3 is 11.9 Å². The van der Waals surface area contributed by atoms with Crippen molar-refractivity contribution < 1.29 is 33.1 Å². The van der Waals surface area contributed by atoms with E-state index in [1.807, 2.05) is 0 Å². The molecule has 1 aromatic rings. The Labute approximate surface area is 100 Å². The van der Waals surface area contributed by atoms with Crippen molar-refractivity contribution in [1.29, 1.82) is 0 Å². The molecule has 0 saturated heterocycles. The number of rotatable bonds is 4. The van der Waals surface area contributed by atoms with Crippen LogP contribution in [0.2, 0.25) is 0 Å². The zero-order chi connectivity index (χ0) is 14.0. The maximum absolute atomic E-state index is 10.8. The number of nitrogens with zero attached hydrogens (tertiary/aromatic N) is 1. The van der Waals surface area contributed by atoms with Crippen molar-refractivity contribution >= 4 is 28.3 Å². The molecular formula is C8H5NO8S. The molecule has 0 aromatic heterocycles. The van der Waals surface area contributed by atoms with E-state index in [0.29, 0.717) is 12.1 Å². The van der Waals surface area contributed by atoms with Crippen LogP contribution in [0, 0.1) is 10.1 Å². The van der Waals surface area contributed by atoms with Crippen molar-refractivity contribution in [2.24, 2.45) is 0 Å². The Balaban J connectivity index is 3.82. The Morgan fingerprint density at radius 3 is 2.06 bits per heavy atom. The summed E-state index contributed by atoms with van der Waals surface area (Å²) in [5, 5.41) is 28.1. The molecule has 0 spiro atoms. The minimum Gasteiger partial charge on any atom is -0.478 e. The highest BCUT2D eigenvalue weighted by Gasteiger charge is 2.28. The summed E-state index contributed by atoms with van der Waals surface area (Å²) in [5.74, 6) is -3.60. The van der Waals surface area contributed by atoms with E-state index < -0.39 is 49.3 Å². The summed E-state index contributed by atoms with van der Waals surface area (Å²) < 4.78 is 21.4. The van der Waals surface area contributed by atoms with Gasteiger partial charge in [0.05, 0.1) is 15.4 Å². The zero-order valence-electron chi connectivity index (χ0n) is 8.39. The maximum Gasteiger partial charge on any atom is 0.343 e. The molecule has 18 heavy (non-hydrogen) atoms. The molecule has 9 nitrogen and oxygen atoms in total. The lowest BCUT2D eigenvalue weighted by Gasteiger charge is -2.03. The molecule has 0 heterocycles. The van der Waals surface area contributed by atoms with Crippen LogP contribution in [0.25, 0.3) is 0 Å². The fraction of sp³-hybridized carbons (Fsp3) is 0. The molecular weight excluding hydrogens is 270 g/mol. The molecule has 2 N–H and O–H groups in total. The summed E-state index contributed by atoms with van der Waals surface area (Å²) in [6, 6.07) is 1.06. The van der Waals surface area contributed by atoms with Crippen LogP contribution in [0.3, 0.4) is 0 Å². The highest BCUT2D eigenvalue weighted by Crippen LogP contribution is 2.25. The van der Waals surface area contributed by atoms with Crippen molar-refractivity contribution in [3.63, 3.8) is 0 Å². The third kappa shape index (κ3) is 2.43. The monoisotopic (exact) mass is 275 g/mol. The number of hydrogen-bond acceptors (Lipinski definition) is 6. The smallest absolute Gasteiger partial charge is 0.343 e. The molecule has 0 aliphatic heterocycles. The summed E-state index contributed by atoms with van der Waals surface area (Å²) in [7, 11) is -3.27. The van der Waals surface area contributed by atoms with E-state index >= 15 is 0 Å². The number of hydrogen-bond donors (Lipinski definition) is 3. The Bertz CT molecular complexity index is 589. The number of carboxylic acids is 2. The lowest BCUT2D eigenvalue weighted by Crippen LogP contribution is -2.12. The predicted molar refractivity (Wildman–Crippen MR) is 55.6 cm³/mol. The minimum atomic E-state index is -3.27. The third-order valence-electron chi connectivity index (χ3n) is 1.95. The van der Waals surface area contributed by atoms with Crippen LogP contribution >= 0.6 is 0 Å². The summed E-state index contributed by atoms with van der Waals surface area (Å²) in [5.41, 5.74) is -3.10. The van der Waals surface area contributed by atoms with E-state index in [-0.39, 0.29) is 0 Å². The third-order valence-corrected chi connectivity index (χ3v) is 2.63. The van der Waals surface area contributed by atoms with Crippen molar-refractivity contribution in [2.45, 2.75) is 4.90 Å². The summed E-state index contributed by atoms with van der Waals surface area (Å²) in [6.07, 6.45) is 0. The average Bonchev–Trinajstić information content (AvgIpc) is 2.26. The highest BCUT2D eigenvalue weighted by atomic mass is 32.2. The fourth-order valence-corrected chi connectivity index (χ4v) is 1.72. The standard InChI is InChI=1S/C8H5NO8S/c10-7(11)4-1-3(18(16)17)2-5(9(14)15)6(4)8(12)13/h1-2,18H,(H,10,11)(H,12,13). The lowest BCUT2D eigenvalue weighted by molar-refractivity contribution is -0.385. The maximum atomic E-state index is 10.8. The van der Waals surface area contributed by atoms with Gasteiger partial charge in [-0.2, -0.15) is 0 Å². The normalized spacial score (nSPS) is 10.3. The summed E-state index contributed by atoms with van der Waals surface area (Å²) in [6.45, 7) is 0. The van der Waals surface area contributed by atoms with Crippen LogP contribution in [0.5, 0.6) is 0 Å². The van der Waals surface area contributed by atoms with Gasteiger partial charge in [-0.1, -0.05) is 0 Å². The quantitative estimate of drug-likeness (QED) is 0.393. The van der Waals surface area contributed by atoms with E-state index in [1.165, 1.54) is 0 Å². The van der Waals surface area contributed by atoms with Gasteiger partial charge < -0.3 is 10.2 Å². The van der Waals surface area contributed by atoms with Gasteiger partial charge in [0, 0.05) is 6.07 Å². The molecule has 0 aliphatic carbocycles. The van der Waals surface area contributed by atoms with E-state index in [9.17, 15) is 28.1 Å². The number of nitro groups is 1. The van der Waals surface area contributed by atoms with Gasteiger partial charge in [0.25, 0.3) is 5.69 Å². The number of carbonyl (C=O) groups is 2. The van der Waals surface area contributed by atoms with Gasteiger partial charge in [-0.15, -0.1) is 0 Å². The van der Waals surface area contributed by atoms with Crippen molar-refractivity contribution in [3.05, 3.63) is 33.4 Å². The van der Waals surface area contributed by atoms with Crippen LogP contribution in [-0.4, -0.2) is 35.5 Å². The second-order valence-electron chi connectivity index (χ2n) is 3.01. The Morgan fingerprint density at radius 2 is 1.72 bits per heavy atom. The second-order valence-corrected chi connectivity index (χ2v) is 4.04. The Kier molecular flexibility index (Phi) is 3.61. The first kappa shape index (κ1) is 13.6. The molecule has 0 fully saturated rings. The molecule has 0 radical (unpaired) electrons. The molecule has 0 aliphatic rings. The van der Waals surface area contributed by atoms with Crippen LogP contribution in [-0.2, 0) is 10.7 Å². The first-order valence-corrected chi connectivity index (χ1v) is 5.37. The largest absolute Gasteiger partial charge is 0.478 e. The fourth-order valence-electron chi connectivity index (χ4n) is 1.25. The number of thiol groups is 1. The van der Waals surface area contributed by atoms with Gasteiger partial charge in [-0.25, -0.2) is 18.0 Å². The molecule has 1 rings (SSSR count). The van der Waals surface area contributed by atoms with Gasteiger partial charge in [-0.05, 0) is 6.07 Å². The number of aromatic carboxylic acids is 2. The van der Waals surface area contributed by atoms with Crippen LogP contribution in [0.4, 0.5) is 5.69 Å². The summed E-state index contributed by atoms with van der Waals surface area (Å²) >= 11 is 0. The zero-order valence-corrected chi connectivity index (χ0v) is 9.29. The van der Waals surface area contributed by atoms with Crippen molar-refractivity contribution in [3.8, 4) is 0 Å². The number of nitro benzene ring substituents is 1. The topological polar surface area (TPSA) is 152 Å².